The number of benzene rings is 1. The van der Waals surface area contributed by atoms with Crippen LogP contribution in [0.1, 0.15) is 24.8 Å². The topological polar surface area (TPSA) is 89.3 Å². The Labute approximate surface area is 187 Å². The first kappa shape index (κ1) is 22.0. The fourth-order valence-corrected chi connectivity index (χ4v) is 4.14. The number of hydrogen-bond donors (Lipinski definition) is 1. The number of nitrogens with zero attached hydrogens (tertiary/aromatic N) is 4. The van der Waals surface area contributed by atoms with Crippen LogP contribution in [0, 0.1) is 5.92 Å². The van der Waals surface area contributed by atoms with Crippen LogP contribution in [0.15, 0.2) is 53.5 Å². The lowest BCUT2D eigenvalue weighted by Crippen LogP contribution is -2.46. The Morgan fingerprint density at radius 1 is 1.22 bits per heavy atom. The number of anilines is 1. The van der Waals surface area contributed by atoms with Crippen molar-refractivity contribution in [3.63, 3.8) is 0 Å². The number of fused-ring (bicyclic) bond motifs is 1. The molecule has 0 spiro atoms. The highest BCUT2D eigenvalue weighted by atomic mass is 16.5. The molecule has 0 bridgehead atoms. The monoisotopic (exact) mass is 435 g/mol. The van der Waals surface area contributed by atoms with Crippen molar-refractivity contribution in [1.82, 2.24) is 19.9 Å². The van der Waals surface area contributed by atoms with Crippen LogP contribution in [0.25, 0.3) is 11.2 Å². The van der Waals surface area contributed by atoms with Gasteiger partial charge >= 0.3 is 0 Å². The van der Waals surface area contributed by atoms with Crippen LogP contribution in [0.2, 0.25) is 0 Å². The Balaban J connectivity index is 1.60. The number of ether oxygens (including phenoxy) is 1. The Kier molecular flexibility index (Phi) is 7.11. The van der Waals surface area contributed by atoms with Crippen LogP contribution in [-0.4, -0.2) is 53.8 Å². The maximum absolute atomic E-state index is 13.5. The molecular weight excluding hydrogens is 406 g/mol. The predicted octanol–water partition coefficient (Wildman–Crippen LogP) is 2.21. The van der Waals surface area contributed by atoms with Gasteiger partial charge in [-0.2, -0.15) is 0 Å². The number of methoxy groups -OCH3 is 1. The van der Waals surface area contributed by atoms with Crippen LogP contribution in [-0.2, 0) is 16.1 Å². The molecule has 32 heavy (non-hydrogen) atoms. The van der Waals surface area contributed by atoms with E-state index in [9.17, 15) is 9.59 Å². The molecule has 8 nitrogen and oxygen atoms in total. The van der Waals surface area contributed by atoms with Crippen LogP contribution < -0.4 is 15.8 Å². The second-order valence-corrected chi connectivity index (χ2v) is 8.08. The van der Waals surface area contributed by atoms with Crippen LogP contribution in [0.5, 0.6) is 0 Å². The predicted molar refractivity (Wildman–Crippen MR) is 124 cm³/mol. The second-order valence-electron chi connectivity index (χ2n) is 8.08. The SMILES string of the molecule is COCCCNC(=O)[C@@H]1CCCN(c2nc3cccnc3n(Cc3ccccc3)c2=O)C1. The lowest BCUT2D eigenvalue weighted by Gasteiger charge is -2.32. The van der Waals surface area contributed by atoms with Crippen molar-refractivity contribution in [3.05, 3.63) is 64.6 Å². The molecule has 0 radical (unpaired) electrons. The van der Waals surface area contributed by atoms with Crippen molar-refractivity contribution in [3.8, 4) is 0 Å². The van der Waals surface area contributed by atoms with Crippen LogP contribution in [0.4, 0.5) is 5.82 Å². The smallest absolute Gasteiger partial charge is 0.295 e. The summed E-state index contributed by atoms with van der Waals surface area (Å²) in [6.45, 7) is 2.81. The normalized spacial score (nSPS) is 16.3. The van der Waals surface area contributed by atoms with Gasteiger partial charge in [0.2, 0.25) is 5.91 Å². The minimum Gasteiger partial charge on any atom is -0.385 e. The highest BCUT2D eigenvalue weighted by Crippen LogP contribution is 2.22. The van der Waals surface area contributed by atoms with Crippen LogP contribution in [0.3, 0.4) is 0 Å². The Morgan fingerprint density at radius 3 is 2.88 bits per heavy atom. The van der Waals surface area contributed by atoms with E-state index in [1.165, 1.54) is 0 Å². The van der Waals surface area contributed by atoms with E-state index >= 15 is 0 Å². The van der Waals surface area contributed by atoms with E-state index < -0.39 is 0 Å². The summed E-state index contributed by atoms with van der Waals surface area (Å²) in [5, 5.41) is 2.99. The molecule has 1 aromatic carbocycles. The van der Waals surface area contributed by atoms with E-state index in [4.69, 9.17) is 4.74 Å². The van der Waals surface area contributed by atoms with Gasteiger partial charge in [-0.1, -0.05) is 30.3 Å². The number of rotatable bonds is 8. The molecule has 8 heteroatoms. The number of nitrogens with one attached hydrogen (secondary N) is 1. The molecule has 1 N–H and O–H groups in total. The molecule has 0 unspecified atom stereocenters. The minimum absolute atomic E-state index is 0.0258. The summed E-state index contributed by atoms with van der Waals surface area (Å²) in [5.74, 6) is 0.246. The summed E-state index contributed by atoms with van der Waals surface area (Å²) < 4.78 is 6.72. The number of pyridine rings is 1. The zero-order valence-electron chi connectivity index (χ0n) is 18.4. The number of carbonyl (C=O) groups excluding carboxylic acids is 1. The van der Waals surface area contributed by atoms with Gasteiger partial charge in [0.25, 0.3) is 5.56 Å². The standard InChI is InChI=1S/C24H29N5O3/c1-32-15-7-13-26-23(30)19-10-6-14-28(17-19)22-24(31)29(16-18-8-3-2-4-9-18)21-20(27-22)11-5-12-25-21/h2-5,8-9,11-12,19H,6-7,10,13-17H2,1H3,(H,26,30)/t19-/m1/s1. The van der Waals surface area contributed by atoms with Gasteiger partial charge in [-0.25, -0.2) is 9.97 Å². The third kappa shape index (κ3) is 4.96. The van der Waals surface area contributed by atoms with Gasteiger partial charge in [-0.05, 0) is 37.0 Å². The number of carbonyl (C=O) groups is 1. The molecule has 1 aliphatic heterocycles. The molecule has 2 aromatic heterocycles. The van der Waals surface area contributed by atoms with Gasteiger partial charge in [0.05, 0.1) is 12.5 Å². The Bertz CT molecular complexity index is 1120. The average molecular weight is 436 g/mol. The molecule has 168 valence electrons. The highest BCUT2D eigenvalue weighted by molar-refractivity contribution is 5.79. The third-order valence-electron chi connectivity index (χ3n) is 5.78. The molecule has 0 aliphatic carbocycles. The van der Waals surface area contributed by atoms with Gasteiger partial charge in [-0.3, -0.25) is 14.2 Å². The number of hydrogen-bond acceptors (Lipinski definition) is 6. The van der Waals surface area contributed by atoms with E-state index in [1.54, 1.807) is 17.9 Å². The van der Waals surface area contributed by atoms with Crippen molar-refractivity contribution in [2.75, 3.05) is 38.3 Å². The molecular formula is C24H29N5O3. The lowest BCUT2D eigenvalue weighted by molar-refractivity contribution is -0.125. The van der Waals surface area contributed by atoms with Crippen LogP contribution >= 0.6 is 0 Å². The molecule has 1 amide bonds. The van der Waals surface area contributed by atoms with Gasteiger partial charge < -0.3 is 15.0 Å². The first-order valence-electron chi connectivity index (χ1n) is 11.1. The largest absolute Gasteiger partial charge is 0.385 e. The second kappa shape index (κ2) is 10.4. The molecule has 1 aliphatic rings. The van der Waals surface area contributed by atoms with Crippen molar-refractivity contribution in [2.24, 2.45) is 5.92 Å². The first-order valence-corrected chi connectivity index (χ1v) is 11.1. The van der Waals surface area contributed by atoms with E-state index in [0.29, 0.717) is 49.8 Å². The summed E-state index contributed by atoms with van der Waals surface area (Å²) in [7, 11) is 1.65. The molecule has 0 saturated carbocycles. The lowest BCUT2D eigenvalue weighted by atomic mass is 9.97. The number of amides is 1. The van der Waals surface area contributed by atoms with Gasteiger partial charge in [0, 0.05) is 39.5 Å². The summed E-state index contributed by atoms with van der Waals surface area (Å²) in [5.41, 5.74) is 2.07. The maximum Gasteiger partial charge on any atom is 0.295 e. The highest BCUT2D eigenvalue weighted by Gasteiger charge is 2.28. The van der Waals surface area contributed by atoms with E-state index in [2.05, 4.69) is 15.3 Å². The Hall–Kier alpha value is -3.26. The van der Waals surface area contributed by atoms with E-state index in [0.717, 1.165) is 24.8 Å². The van der Waals surface area contributed by atoms with E-state index in [1.807, 2.05) is 47.4 Å². The summed E-state index contributed by atoms with van der Waals surface area (Å²) in [6.07, 6.45) is 4.10. The molecule has 1 saturated heterocycles. The zero-order chi connectivity index (χ0) is 22.3. The maximum atomic E-state index is 13.5. The summed E-state index contributed by atoms with van der Waals surface area (Å²) in [4.78, 5) is 37.2. The molecule has 4 rings (SSSR count). The fourth-order valence-electron chi connectivity index (χ4n) is 4.14. The summed E-state index contributed by atoms with van der Waals surface area (Å²) in [6, 6.07) is 13.5. The minimum atomic E-state index is -0.179. The number of aromatic nitrogens is 3. The quantitative estimate of drug-likeness (QED) is 0.546. The van der Waals surface area contributed by atoms with E-state index in [-0.39, 0.29) is 17.4 Å². The molecule has 1 fully saturated rings. The van der Waals surface area contributed by atoms with Crippen molar-refractivity contribution in [2.45, 2.75) is 25.8 Å². The average Bonchev–Trinajstić information content (AvgIpc) is 2.84. The zero-order valence-corrected chi connectivity index (χ0v) is 18.4. The molecule has 3 aromatic rings. The van der Waals surface area contributed by atoms with Crippen molar-refractivity contribution < 1.29 is 9.53 Å². The Morgan fingerprint density at radius 2 is 2.06 bits per heavy atom. The van der Waals surface area contributed by atoms with Crippen molar-refractivity contribution >= 4 is 22.9 Å². The van der Waals surface area contributed by atoms with Gasteiger partial charge in [-0.15, -0.1) is 0 Å². The summed E-state index contributed by atoms with van der Waals surface area (Å²) >= 11 is 0. The molecule has 3 heterocycles. The first-order chi connectivity index (χ1) is 15.7. The van der Waals surface area contributed by atoms with Crippen molar-refractivity contribution in [1.29, 1.82) is 0 Å². The van der Waals surface area contributed by atoms with Gasteiger partial charge in [0.15, 0.2) is 11.5 Å². The fraction of sp³-hybridized carbons (Fsp3) is 0.417. The number of piperidine rings is 1. The third-order valence-corrected chi connectivity index (χ3v) is 5.78. The molecule has 1 atom stereocenters. The van der Waals surface area contributed by atoms with Gasteiger partial charge in [0.1, 0.15) is 5.52 Å².